The highest BCUT2D eigenvalue weighted by Crippen LogP contribution is 2.24. The molecule has 0 spiro atoms. The molecule has 18 heavy (non-hydrogen) atoms. The fourth-order valence-electron chi connectivity index (χ4n) is 1.76. The lowest BCUT2D eigenvalue weighted by Gasteiger charge is -2.12. The monoisotopic (exact) mass is 284 g/mol. The van der Waals surface area contributed by atoms with Gasteiger partial charge in [0.05, 0.1) is 15.7 Å². The molecule has 2 aromatic rings. The van der Waals surface area contributed by atoms with Gasteiger partial charge >= 0.3 is 0 Å². The minimum absolute atomic E-state index is 0.216. The maximum atomic E-state index is 6.09. The largest absolute Gasteiger partial charge is 0.338 e. The van der Waals surface area contributed by atoms with E-state index in [9.17, 15) is 0 Å². The second-order valence-corrected chi connectivity index (χ2v) is 4.96. The highest BCUT2D eigenvalue weighted by atomic mass is 35.5. The van der Waals surface area contributed by atoms with Crippen molar-refractivity contribution in [2.24, 2.45) is 12.8 Å². The topological polar surface area (TPSA) is 56.7 Å². The van der Waals surface area contributed by atoms with Crippen LogP contribution < -0.4 is 5.73 Å². The van der Waals surface area contributed by atoms with Gasteiger partial charge in [-0.05, 0) is 12.5 Å². The minimum atomic E-state index is -0.216. The molecule has 0 aliphatic carbocycles. The summed E-state index contributed by atoms with van der Waals surface area (Å²) < 4.78 is 1.98. The van der Waals surface area contributed by atoms with Gasteiger partial charge in [0.2, 0.25) is 0 Å². The van der Waals surface area contributed by atoms with Gasteiger partial charge < -0.3 is 10.3 Å². The average Bonchev–Trinajstić information content (AvgIpc) is 2.72. The summed E-state index contributed by atoms with van der Waals surface area (Å²) in [5, 5.41) is 1.02. The van der Waals surface area contributed by atoms with Crippen molar-refractivity contribution < 1.29 is 0 Å². The van der Waals surface area contributed by atoms with Crippen LogP contribution in [0.4, 0.5) is 0 Å². The van der Waals surface area contributed by atoms with Crippen LogP contribution in [0.3, 0.4) is 0 Å². The third-order valence-electron chi connectivity index (χ3n) is 2.79. The van der Waals surface area contributed by atoms with Crippen molar-refractivity contribution in [2.45, 2.75) is 18.9 Å². The molecule has 0 aliphatic heterocycles. The molecule has 0 radical (unpaired) electrons. The number of nitrogens with zero attached hydrogens (tertiary/aromatic N) is 3. The minimum Gasteiger partial charge on any atom is -0.338 e. The summed E-state index contributed by atoms with van der Waals surface area (Å²) in [5.41, 5.74) is 6.76. The van der Waals surface area contributed by atoms with E-state index in [1.165, 1.54) is 0 Å². The van der Waals surface area contributed by atoms with Crippen LogP contribution in [-0.2, 0) is 13.5 Å². The molecule has 2 rings (SSSR count). The zero-order valence-corrected chi connectivity index (χ0v) is 11.5. The lowest BCUT2D eigenvalue weighted by molar-refractivity contribution is 0.607. The first kappa shape index (κ1) is 13.3. The standard InChI is InChI=1S/C12H14Cl2N4/c1-18-5-4-16-11(18)3-2-10(15)12-9(14)6-8(13)7-17-12/h4-7,10H,2-3,15H2,1H3. The van der Waals surface area contributed by atoms with Gasteiger partial charge in [0, 0.05) is 38.1 Å². The fourth-order valence-corrected chi connectivity index (χ4v) is 2.28. The SMILES string of the molecule is Cn1ccnc1CCC(N)c1ncc(Cl)cc1Cl. The first-order chi connectivity index (χ1) is 8.58. The summed E-state index contributed by atoms with van der Waals surface area (Å²) in [7, 11) is 1.96. The van der Waals surface area contributed by atoms with Crippen molar-refractivity contribution in [3.05, 3.63) is 46.2 Å². The molecule has 2 N–H and O–H groups in total. The number of halogens is 2. The number of nitrogens with two attached hydrogens (primary N) is 1. The number of imidazole rings is 1. The van der Waals surface area contributed by atoms with Crippen molar-refractivity contribution in [2.75, 3.05) is 0 Å². The highest BCUT2D eigenvalue weighted by molar-refractivity contribution is 6.34. The fraction of sp³-hybridized carbons (Fsp3) is 0.333. The number of hydrogen-bond acceptors (Lipinski definition) is 3. The molecule has 0 fully saturated rings. The molecule has 0 aromatic carbocycles. The lowest BCUT2D eigenvalue weighted by atomic mass is 10.1. The van der Waals surface area contributed by atoms with Crippen molar-refractivity contribution in [3.63, 3.8) is 0 Å². The highest BCUT2D eigenvalue weighted by Gasteiger charge is 2.13. The quantitative estimate of drug-likeness (QED) is 0.939. The molecular weight excluding hydrogens is 271 g/mol. The Hall–Kier alpha value is -1.10. The molecule has 4 nitrogen and oxygen atoms in total. The van der Waals surface area contributed by atoms with Crippen LogP contribution in [0.2, 0.25) is 10.0 Å². The van der Waals surface area contributed by atoms with Crippen LogP contribution in [0.1, 0.15) is 24.0 Å². The molecule has 0 bridgehead atoms. The Morgan fingerprint density at radius 2 is 2.17 bits per heavy atom. The van der Waals surface area contributed by atoms with E-state index >= 15 is 0 Å². The summed E-state index contributed by atoms with van der Waals surface area (Å²) >= 11 is 11.9. The van der Waals surface area contributed by atoms with Gasteiger partial charge in [-0.2, -0.15) is 0 Å². The molecule has 1 atom stereocenters. The predicted molar refractivity (Wildman–Crippen MR) is 72.7 cm³/mol. The zero-order valence-electron chi connectivity index (χ0n) is 9.98. The molecule has 0 aliphatic rings. The summed E-state index contributed by atoms with van der Waals surface area (Å²) in [6.07, 6.45) is 6.76. The average molecular weight is 285 g/mol. The molecule has 0 amide bonds. The van der Waals surface area contributed by atoms with Gasteiger partial charge in [-0.3, -0.25) is 4.98 Å². The summed E-state index contributed by atoms with van der Waals surface area (Å²) in [4.78, 5) is 8.43. The Bertz CT molecular complexity index is 539. The first-order valence-electron chi connectivity index (χ1n) is 5.60. The van der Waals surface area contributed by atoms with E-state index in [0.717, 1.165) is 18.7 Å². The van der Waals surface area contributed by atoms with E-state index < -0.39 is 0 Å². The number of aromatic nitrogens is 3. The van der Waals surface area contributed by atoms with Crippen LogP contribution in [0, 0.1) is 0 Å². The Balaban J connectivity index is 2.03. The van der Waals surface area contributed by atoms with Gasteiger partial charge in [-0.25, -0.2) is 4.98 Å². The lowest BCUT2D eigenvalue weighted by Crippen LogP contribution is -2.14. The molecular formula is C12H14Cl2N4. The van der Waals surface area contributed by atoms with Crippen LogP contribution in [0.25, 0.3) is 0 Å². The normalized spacial score (nSPS) is 12.7. The van der Waals surface area contributed by atoms with Crippen molar-refractivity contribution in [1.82, 2.24) is 14.5 Å². The Kier molecular flexibility index (Phi) is 4.22. The van der Waals surface area contributed by atoms with Gasteiger partial charge in [-0.1, -0.05) is 23.2 Å². The molecule has 6 heteroatoms. The van der Waals surface area contributed by atoms with Gasteiger partial charge in [-0.15, -0.1) is 0 Å². The van der Waals surface area contributed by atoms with Gasteiger partial charge in [0.15, 0.2) is 0 Å². The number of pyridine rings is 1. The Morgan fingerprint density at radius 3 is 2.78 bits per heavy atom. The van der Waals surface area contributed by atoms with E-state index in [1.54, 1.807) is 18.5 Å². The van der Waals surface area contributed by atoms with Gasteiger partial charge in [0.25, 0.3) is 0 Å². The van der Waals surface area contributed by atoms with Crippen LogP contribution in [-0.4, -0.2) is 14.5 Å². The maximum absolute atomic E-state index is 6.09. The molecule has 96 valence electrons. The van der Waals surface area contributed by atoms with Crippen LogP contribution in [0.15, 0.2) is 24.7 Å². The smallest absolute Gasteiger partial charge is 0.108 e. The Labute approximate surface area is 116 Å². The van der Waals surface area contributed by atoms with E-state index in [1.807, 2.05) is 17.8 Å². The molecule has 0 saturated heterocycles. The van der Waals surface area contributed by atoms with E-state index in [4.69, 9.17) is 28.9 Å². The zero-order chi connectivity index (χ0) is 13.1. The molecule has 2 aromatic heterocycles. The van der Waals surface area contributed by atoms with Crippen LogP contribution in [0.5, 0.6) is 0 Å². The van der Waals surface area contributed by atoms with Crippen molar-refractivity contribution in [3.8, 4) is 0 Å². The van der Waals surface area contributed by atoms with E-state index in [-0.39, 0.29) is 6.04 Å². The summed E-state index contributed by atoms with van der Waals surface area (Å²) in [5.74, 6) is 0.996. The maximum Gasteiger partial charge on any atom is 0.108 e. The molecule has 0 saturated carbocycles. The number of rotatable bonds is 4. The third-order valence-corrected chi connectivity index (χ3v) is 3.30. The Morgan fingerprint density at radius 1 is 1.39 bits per heavy atom. The van der Waals surface area contributed by atoms with E-state index in [0.29, 0.717) is 15.7 Å². The van der Waals surface area contributed by atoms with Crippen molar-refractivity contribution >= 4 is 23.2 Å². The van der Waals surface area contributed by atoms with Gasteiger partial charge in [0.1, 0.15) is 5.82 Å². The van der Waals surface area contributed by atoms with Crippen molar-refractivity contribution in [1.29, 1.82) is 0 Å². The summed E-state index contributed by atoms with van der Waals surface area (Å²) in [6, 6.07) is 1.44. The second kappa shape index (κ2) is 5.69. The molecule has 2 heterocycles. The molecule has 1 unspecified atom stereocenters. The summed E-state index contributed by atoms with van der Waals surface area (Å²) in [6.45, 7) is 0. The predicted octanol–water partition coefficient (Wildman–Crippen LogP) is 2.75. The second-order valence-electron chi connectivity index (χ2n) is 4.12. The number of aryl methyl sites for hydroxylation is 2. The number of hydrogen-bond donors (Lipinski definition) is 1. The van der Waals surface area contributed by atoms with E-state index in [2.05, 4.69) is 9.97 Å². The third kappa shape index (κ3) is 3.02. The first-order valence-corrected chi connectivity index (χ1v) is 6.36. The van der Waals surface area contributed by atoms with Crippen LogP contribution >= 0.6 is 23.2 Å².